The van der Waals surface area contributed by atoms with Gasteiger partial charge in [0.25, 0.3) is 5.91 Å². The number of carbonyl (C=O) groups is 2. The van der Waals surface area contributed by atoms with Crippen LogP contribution in [-0.2, 0) is 26.0 Å². The van der Waals surface area contributed by atoms with Gasteiger partial charge in [0.05, 0.1) is 4.90 Å². The molecule has 2 rings (SSSR count). The lowest BCUT2D eigenvalue weighted by molar-refractivity contribution is -0.121. The van der Waals surface area contributed by atoms with E-state index in [4.69, 9.17) is 5.14 Å². The second-order valence-electron chi connectivity index (χ2n) is 4.79. The minimum absolute atomic E-state index is 0.0487. The van der Waals surface area contributed by atoms with Crippen molar-refractivity contribution >= 4 is 27.5 Å². The maximum Gasteiger partial charge on any atom is 0.267 e. The van der Waals surface area contributed by atoms with E-state index in [1.54, 1.807) is 12.1 Å². The Balaban J connectivity index is 1.84. The highest BCUT2D eigenvalue weighted by atomic mass is 32.2. The van der Waals surface area contributed by atoms with Crippen molar-refractivity contribution in [3.05, 3.63) is 29.8 Å². The number of benzene rings is 1. The molecule has 1 aromatic carbocycles. The van der Waals surface area contributed by atoms with Gasteiger partial charge in [0.15, 0.2) is 0 Å². The third-order valence-corrected chi connectivity index (χ3v) is 4.05. The van der Waals surface area contributed by atoms with Crippen LogP contribution in [0.3, 0.4) is 0 Å². The Hall–Kier alpha value is -2.26. The van der Waals surface area contributed by atoms with Gasteiger partial charge in [-0.2, -0.15) is 5.10 Å². The summed E-state index contributed by atoms with van der Waals surface area (Å²) in [6.45, 7) is 0.376. The van der Waals surface area contributed by atoms with Crippen LogP contribution >= 0.6 is 0 Å². The molecular weight excluding hydrogens is 308 g/mol. The lowest BCUT2D eigenvalue weighted by Gasteiger charge is -2.12. The van der Waals surface area contributed by atoms with Crippen molar-refractivity contribution in [2.75, 3.05) is 6.54 Å². The third kappa shape index (κ3) is 4.37. The molecule has 0 aliphatic carbocycles. The molecule has 1 aliphatic rings. The number of amides is 2. The highest BCUT2D eigenvalue weighted by molar-refractivity contribution is 7.89. The topological polar surface area (TPSA) is 131 Å². The van der Waals surface area contributed by atoms with Crippen LogP contribution in [0.15, 0.2) is 34.3 Å². The van der Waals surface area contributed by atoms with E-state index in [0.717, 1.165) is 5.56 Å². The van der Waals surface area contributed by atoms with E-state index < -0.39 is 10.0 Å². The first-order valence-corrected chi connectivity index (χ1v) is 8.16. The molecule has 0 saturated heterocycles. The molecule has 0 spiro atoms. The Bertz CT molecular complexity index is 710. The molecule has 9 heteroatoms. The maximum atomic E-state index is 11.8. The van der Waals surface area contributed by atoms with Gasteiger partial charge in [0, 0.05) is 19.4 Å². The Kier molecular flexibility index (Phi) is 4.88. The van der Waals surface area contributed by atoms with E-state index >= 15 is 0 Å². The second-order valence-corrected chi connectivity index (χ2v) is 6.35. The molecule has 0 bridgehead atoms. The van der Waals surface area contributed by atoms with Crippen LogP contribution in [0.25, 0.3) is 0 Å². The maximum absolute atomic E-state index is 11.8. The summed E-state index contributed by atoms with van der Waals surface area (Å²) in [5.74, 6) is -0.521. The summed E-state index contributed by atoms with van der Waals surface area (Å²) in [6.07, 6.45) is 1.11. The number of nitrogens with two attached hydrogens (primary N) is 1. The zero-order valence-corrected chi connectivity index (χ0v) is 12.5. The summed E-state index contributed by atoms with van der Waals surface area (Å²) in [4.78, 5) is 22.8. The molecule has 0 fully saturated rings. The van der Waals surface area contributed by atoms with Crippen LogP contribution in [-0.4, -0.2) is 32.5 Å². The average Bonchev–Trinajstić information content (AvgIpc) is 2.47. The normalized spacial score (nSPS) is 15.0. The second kappa shape index (κ2) is 6.67. The zero-order valence-electron chi connectivity index (χ0n) is 11.7. The van der Waals surface area contributed by atoms with Gasteiger partial charge in [-0.25, -0.2) is 19.0 Å². The van der Waals surface area contributed by atoms with Crippen molar-refractivity contribution in [1.82, 2.24) is 10.7 Å². The SMILES string of the molecule is NS(=O)(=O)c1ccc(CCNC(=O)C2=NNC(=O)CC2)cc1. The van der Waals surface area contributed by atoms with Crippen LogP contribution in [0.5, 0.6) is 0 Å². The van der Waals surface area contributed by atoms with Crippen LogP contribution in [0.2, 0.25) is 0 Å². The molecule has 8 nitrogen and oxygen atoms in total. The van der Waals surface area contributed by atoms with Gasteiger partial charge in [-0.1, -0.05) is 12.1 Å². The zero-order chi connectivity index (χ0) is 16.2. The fraction of sp³-hybridized carbons (Fsp3) is 0.308. The lowest BCUT2D eigenvalue weighted by Crippen LogP contribution is -2.37. The number of hydrogen-bond donors (Lipinski definition) is 3. The lowest BCUT2D eigenvalue weighted by atomic mass is 10.1. The predicted molar refractivity (Wildman–Crippen MR) is 79.3 cm³/mol. The number of primary sulfonamides is 1. The van der Waals surface area contributed by atoms with Crippen LogP contribution in [0.4, 0.5) is 0 Å². The average molecular weight is 324 g/mol. The third-order valence-electron chi connectivity index (χ3n) is 3.12. The molecule has 22 heavy (non-hydrogen) atoms. The monoisotopic (exact) mass is 324 g/mol. The van der Waals surface area contributed by atoms with Crippen molar-refractivity contribution in [2.24, 2.45) is 10.2 Å². The standard InChI is InChI=1S/C13H16N4O4S/c14-22(20,21)10-3-1-9(2-4-10)7-8-15-13(19)11-5-6-12(18)17-16-11/h1-4H,5-8H2,(H,15,19)(H,17,18)(H2,14,20,21). The molecule has 4 N–H and O–H groups in total. The molecule has 118 valence electrons. The number of nitrogens with zero attached hydrogens (tertiary/aromatic N) is 1. The molecule has 0 aromatic heterocycles. The van der Waals surface area contributed by atoms with E-state index in [1.807, 2.05) is 0 Å². The molecule has 0 saturated carbocycles. The fourth-order valence-electron chi connectivity index (χ4n) is 1.91. The van der Waals surface area contributed by atoms with Gasteiger partial charge in [-0.3, -0.25) is 9.59 Å². The van der Waals surface area contributed by atoms with Crippen molar-refractivity contribution in [3.8, 4) is 0 Å². The first-order chi connectivity index (χ1) is 10.4. The molecule has 1 aliphatic heterocycles. The Morgan fingerprint density at radius 3 is 2.50 bits per heavy atom. The largest absolute Gasteiger partial charge is 0.351 e. The van der Waals surface area contributed by atoms with Crippen molar-refractivity contribution < 1.29 is 18.0 Å². The Labute approximate surface area is 127 Å². The van der Waals surface area contributed by atoms with Gasteiger partial charge < -0.3 is 5.32 Å². The van der Waals surface area contributed by atoms with Crippen LogP contribution in [0, 0.1) is 0 Å². The minimum atomic E-state index is -3.69. The van der Waals surface area contributed by atoms with Gasteiger partial charge in [0.1, 0.15) is 5.71 Å². The quantitative estimate of drug-likeness (QED) is 0.658. The van der Waals surface area contributed by atoms with E-state index in [1.165, 1.54) is 12.1 Å². The number of hydrazone groups is 1. The van der Waals surface area contributed by atoms with Gasteiger partial charge in [0.2, 0.25) is 15.9 Å². The van der Waals surface area contributed by atoms with Gasteiger partial charge in [-0.05, 0) is 24.1 Å². The summed E-state index contributed by atoms with van der Waals surface area (Å²) in [5, 5.41) is 11.4. The first kappa shape index (κ1) is 16.1. The predicted octanol–water partition coefficient (Wildman–Crippen LogP) is -0.741. The number of carbonyl (C=O) groups excluding carboxylic acids is 2. The summed E-state index contributed by atoms with van der Waals surface area (Å²) in [5.41, 5.74) is 3.42. The number of hydrogen-bond acceptors (Lipinski definition) is 5. The van der Waals surface area contributed by atoms with E-state index in [2.05, 4.69) is 15.8 Å². The Morgan fingerprint density at radius 2 is 1.95 bits per heavy atom. The smallest absolute Gasteiger partial charge is 0.267 e. The summed E-state index contributed by atoms with van der Waals surface area (Å²) < 4.78 is 22.2. The van der Waals surface area contributed by atoms with E-state index in [-0.39, 0.29) is 23.1 Å². The molecule has 0 unspecified atom stereocenters. The molecule has 1 aromatic rings. The molecule has 0 atom stereocenters. The fourth-order valence-corrected chi connectivity index (χ4v) is 2.42. The number of nitrogens with one attached hydrogen (secondary N) is 2. The van der Waals surface area contributed by atoms with Crippen molar-refractivity contribution in [1.29, 1.82) is 0 Å². The molecule has 0 radical (unpaired) electrons. The summed E-state index contributed by atoms with van der Waals surface area (Å²) >= 11 is 0. The first-order valence-electron chi connectivity index (χ1n) is 6.61. The summed E-state index contributed by atoms with van der Waals surface area (Å²) in [6, 6.07) is 6.13. The molecular formula is C13H16N4O4S. The number of rotatable bonds is 5. The van der Waals surface area contributed by atoms with Crippen molar-refractivity contribution in [2.45, 2.75) is 24.2 Å². The molecule has 2 amide bonds. The number of sulfonamides is 1. The van der Waals surface area contributed by atoms with Gasteiger partial charge in [-0.15, -0.1) is 0 Å². The van der Waals surface area contributed by atoms with Crippen LogP contribution < -0.4 is 15.9 Å². The highest BCUT2D eigenvalue weighted by Crippen LogP contribution is 2.09. The van der Waals surface area contributed by atoms with E-state index in [9.17, 15) is 18.0 Å². The minimum Gasteiger partial charge on any atom is -0.351 e. The summed E-state index contributed by atoms with van der Waals surface area (Å²) in [7, 11) is -3.69. The van der Waals surface area contributed by atoms with Crippen molar-refractivity contribution in [3.63, 3.8) is 0 Å². The van der Waals surface area contributed by atoms with Gasteiger partial charge >= 0.3 is 0 Å². The Morgan fingerprint density at radius 1 is 1.27 bits per heavy atom. The highest BCUT2D eigenvalue weighted by Gasteiger charge is 2.17. The molecule has 1 heterocycles. The van der Waals surface area contributed by atoms with Crippen LogP contribution in [0.1, 0.15) is 18.4 Å². The van der Waals surface area contributed by atoms with E-state index in [0.29, 0.717) is 25.1 Å².